The third-order valence-electron chi connectivity index (χ3n) is 6.34. The molecule has 4 rings (SSSR count). The Hall–Kier alpha value is -3.41. The molecule has 0 amide bonds. The van der Waals surface area contributed by atoms with Crippen molar-refractivity contribution in [2.75, 3.05) is 7.11 Å². The monoisotopic (exact) mass is 447 g/mol. The number of aliphatic imine (C=N–C) groups is 1. The fourth-order valence-electron chi connectivity index (χ4n) is 4.82. The summed E-state index contributed by atoms with van der Waals surface area (Å²) in [6.45, 7) is 6.06. The first-order valence-electron chi connectivity index (χ1n) is 11.1. The number of hydrogen-bond donors (Lipinski definition) is 1. The lowest BCUT2D eigenvalue weighted by atomic mass is 9.67. The first kappa shape index (κ1) is 22.8. The maximum Gasteiger partial charge on any atom is 0.315 e. The largest absolute Gasteiger partial charge is 0.504 e. The van der Waals surface area contributed by atoms with Gasteiger partial charge in [0.1, 0.15) is 12.5 Å². The highest BCUT2D eigenvalue weighted by Crippen LogP contribution is 2.48. The number of ketones is 1. The van der Waals surface area contributed by atoms with Gasteiger partial charge in [0.25, 0.3) is 0 Å². The fraction of sp³-hybridized carbons (Fsp3) is 0.370. The molecular weight excluding hydrogens is 418 g/mol. The van der Waals surface area contributed by atoms with Crippen LogP contribution in [0.3, 0.4) is 0 Å². The Balaban J connectivity index is 1.76. The molecule has 33 heavy (non-hydrogen) atoms. The highest BCUT2D eigenvalue weighted by molar-refractivity contribution is 6.09. The minimum atomic E-state index is -0.744. The molecule has 1 N–H and O–H groups in total. The van der Waals surface area contributed by atoms with Crippen LogP contribution in [-0.4, -0.2) is 29.7 Å². The van der Waals surface area contributed by atoms with Crippen molar-refractivity contribution in [3.8, 4) is 11.5 Å². The van der Waals surface area contributed by atoms with Crippen LogP contribution in [-0.2, 0) is 20.9 Å². The van der Waals surface area contributed by atoms with E-state index in [2.05, 4.69) is 13.8 Å². The van der Waals surface area contributed by atoms with E-state index in [1.54, 1.807) is 12.1 Å². The predicted octanol–water partition coefficient (Wildman–Crippen LogP) is 4.96. The Morgan fingerprint density at radius 3 is 2.58 bits per heavy atom. The number of allylic oxidation sites excluding steroid dienone is 2. The van der Waals surface area contributed by atoms with Gasteiger partial charge < -0.3 is 14.6 Å². The molecule has 6 nitrogen and oxygen atoms in total. The van der Waals surface area contributed by atoms with E-state index in [1.165, 1.54) is 13.2 Å². The van der Waals surface area contributed by atoms with E-state index >= 15 is 0 Å². The van der Waals surface area contributed by atoms with E-state index in [0.29, 0.717) is 29.7 Å². The van der Waals surface area contributed by atoms with Crippen LogP contribution < -0.4 is 4.74 Å². The van der Waals surface area contributed by atoms with Crippen LogP contribution in [0, 0.1) is 11.3 Å². The number of carbonyl (C=O) groups excluding carboxylic acids is 2. The number of hydrogen-bond acceptors (Lipinski definition) is 6. The molecule has 0 fully saturated rings. The molecule has 0 saturated carbocycles. The van der Waals surface area contributed by atoms with Crippen molar-refractivity contribution in [3.63, 3.8) is 0 Å². The van der Waals surface area contributed by atoms with Crippen LogP contribution in [0.1, 0.15) is 50.7 Å². The lowest BCUT2D eigenvalue weighted by molar-refractivity contribution is -0.148. The molecule has 0 aromatic heterocycles. The van der Waals surface area contributed by atoms with E-state index in [1.807, 2.05) is 37.3 Å². The molecule has 172 valence electrons. The van der Waals surface area contributed by atoms with Crippen molar-refractivity contribution in [3.05, 3.63) is 70.9 Å². The van der Waals surface area contributed by atoms with Crippen LogP contribution in [0.2, 0.25) is 0 Å². The van der Waals surface area contributed by atoms with E-state index in [-0.39, 0.29) is 29.3 Å². The Morgan fingerprint density at radius 1 is 1.15 bits per heavy atom. The fourth-order valence-corrected chi connectivity index (χ4v) is 4.82. The van der Waals surface area contributed by atoms with E-state index in [4.69, 9.17) is 14.5 Å². The number of phenols is 1. The number of phenolic OH excluding ortho intramolecular Hbond substituents is 1. The molecule has 0 bridgehead atoms. The summed E-state index contributed by atoms with van der Waals surface area (Å²) in [6, 6.07) is 14.4. The SMILES string of the molecule is COc1cc([C@H]2C3=C(CC(C)(C)CC3=O)N=C(C)C2C(=O)OCc2ccccc2)ccc1O. The molecule has 2 aliphatic rings. The quantitative estimate of drug-likeness (QED) is 0.655. The normalized spacial score (nSPS) is 21.8. The number of ether oxygens (including phenoxy) is 2. The second-order valence-corrected chi connectivity index (χ2v) is 9.53. The smallest absolute Gasteiger partial charge is 0.315 e. The molecule has 2 atom stereocenters. The summed E-state index contributed by atoms with van der Waals surface area (Å²) in [4.78, 5) is 31.5. The van der Waals surface area contributed by atoms with Crippen LogP contribution in [0.25, 0.3) is 0 Å². The zero-order valence-corrected chi connectivity index (χ0v) is 19.4. The highest BCUT2D eigenvalue weighted by Gasteiger charge is 2.46. The van der Waals surface area contributed by atoms with Crippen LogP contribution in [0.4, 0.5) is 0 Å². The molecule has 2 aromatic carbocycles. The van der Waals surface area contributed by atoms with Crippen molar-refractivity contribution < 1.29 is 24.2 Å². The molecular formula is C27H29NO5. The molecule has 1 heterocycles. The van der Waals surface area contributed by atoms with Crippen molar-refractivity contribution in [1.29, 1.82) is 0 Å². The number of carbonyl (C=O) groups is 2. The second kappa shape index (κ2) is 8.85. The molecule has 0 saturated heterocycles. The van der Waals surface area contributed by atoms with Crippen molar-refractivity contribution in [1.82, 2.24) is 0 Å². The number of methoxy groups -OCH3 is 1. The standard InChI is InChI=1S/C27H29NO5/c1-16-23(26(31)33-15-17-8-6-5-7-9-17)24(18-10-11-20(29)22(12-18)32-4)25-19(28-16)13-27(2,3)14-21(25)30/h5-12,23-24,29H,13-15H2,1-4H3/t23?,24-/m1/s1. The average molecular weight is 448 g/mol. The molecule has 2 aromatic rings. The van der Waals surface area contributed by atoms with Gasteiger partial charge in [-0.2, -0.15) is 0 Å². The zero-order chi connectivity index (χ0) is 23.8. The Labute approximate surface area is 194 Å². The van der Waals surface area contributed by atoms with Gasteiger partial charge in [0, 0.05) is 29.3 Å². The van der Waals surface area contributed by atoms with E-state index in [0.717, 1.165) is 11.3 Å². The van der Waals surface area contributed by atoms with Gasteiger partial charge in [0.05, 0.1) is 7.11 Å². The van der Waals surface area contributed by atoms with Gasteiger partial charge in [-0.3, -0.25) is 14.6 Å². The summed E-state index contributed by atoms with van der Waals surface area (Å²) < 4.78 is 11.0. The molecule has 0 spiro atoms. The molecule has 1 unspecified atom stereocenters. The topological polar surface area (TPSA) is 85.2 Å². The second-order valence-electron chi connectivity index (χ2n) is 9.53. The number of esters is 1. The molecule has 1 aliphatic carbocycles. The van der Waals surface area contributed by atoms with Crippen LogP contribution >= 0.6 is 0 Å². The first-order chi connectivity index (χ1) is 15.7. The van der Waals surface area contributed by atoms with E-state index in [9.17, 15) is 14.7 Å². The Kier molecular flexibility index (Phi) is 6.11. The maximum atomic E-state index is 13.4. The number of benzene rings is 2. The summed E-state index contributed by atoms with van der Waals surface area (Å²) in [7, 11) is 1.47. The molecule has 0 radical (unpaired) electrons. The minimum Gasteiger partial charge on any atom is -0.504 e. The van der Waals surface area contributed by atoms with Crippen molar-refractivity contribution in [2.24, 2.45) is 16.3 Å². The third kappa shape index (κ3) is 4.56. The van der Waals surface area contributed by atoms with E-state index < -0.39 is 17.8 Å². The van der Waals surface area contributed by atoms with Gasteiger partial charge in [-0.15, -0.1) is 0 Å². The third-order valence-corrected chi connectivity index (χ3v) is 6.34. The average Bonchev–Trinajstić information content (AvgIpc) is 2.76. The van der Waals surface area contributed by atoms with Crippen LogP contribution in [0.5, 0.6) is 11.5 Å². The summed E-state index contributed by atoms with van der Waals surface area (Å²) in [5, 5.41) is 10.1. The van der Waals surface area contributed by atoms with Crippen molar-refractivity contribution >= 4 is 17.5 Å². The van der Waals surface area contributed by atoms with Gasteiger partial charge in [0.2, 0.25) is 0 Å². The number of aromatic hydroxyl groups is 1. The predicted molar refractivity (Wildman–Crippen MR) is 125 cm³/mol. The highest BCUT2D eigenvalue weighted by atomic mass is 16.5. The lowest BCUT2D eigenvalue weighted by Gasteiger charge is -2.39. The van der Waals surface area contributed by atoms with Gasteiger partial charge >= 0.3 is 5.97 Å². The van der Waals surface area contributed by atoms with Crippen LogP contribution in [0.15, 0.2) is 64.8 Å². The summed E-state index contributed by atoms with van der Waals surface area (Å²) >= 11 is 0. The lowest BCUT2D eigenvalue weighted by Crippen LogP contribution is -2.39. The number of nitrogens with zero attached hydrogens (tertiary/aromatic N) is 1. The first-order valence-corrected chi connectivity index (χ1v) is 11.1. The maximum absolute atomic E-state index is 13.4. The minimum absolute atomic E-state index is 0.00374. The number of rotatable bonds is 5. The number of Topliss-reactive ketones (excluding diaryl/α,β-unsaturated/α-hetero) is 1. The summed E-state index contributed by atoms with van der Waals surface area (Å²) in [5.74, 6) is -1.45. The molecule has 1 aliphatic heterocycles. The van der Waals surface area contributed by atoms with Gasteiger partial charge in [-0.1, -0.05) is 50.2 Å². The Morgan fingerprint density at radius 2 is 1.88 bits per heavy atom. The summed E-state index contributed by atoms with van der Waals surface area (Å²) in [6.07, 6.45) is 1.04. The van der Waals surface area contributed by atoms with Gasteiger partial charge in [0.15, 0.2) is 17.3 Å². The molecule has 6 heteroatoms. The van der Waals surface area contributed by atoms with Crippen molar-refractivity contribution in [2.45, 2.75) is 46.1 Å². The van der Waals surface area contributed by atoms with Gasteiger partial charge in [-0.25, -0.2) is 0 Å². The summed E-state index contributed by atoms with van der Waals surface area (Å²) in [5.41, 5.74) is 3.31. The zero-order valence-electron chi connectivity index (χ0n) is 19.4. The van der Waals surface area contributed by atoms with Gasteiger partial charge in [-0.05, 0) is 42.0 Å². The Bertz CT molecular complexity index is 1150.